The maximum Gasteiger partial charge on any atom is 0.344 e. The molecule has 0 fully saturated rings. The maximum absolute atomic E-state index is 12.1. The number of aliphatic hydroxyl groups is 1. The van der Waals surface area contributed by atoms with Crippen LogP contribution < -0.4 is 0 Å². The second-order valence-electron chi connectivity index (χ2n) is 5.49. The van der Waals surface area contributed by atoms with E-state index in [-0.39, 0.29) is 11.3 Å². The van der Waals surface area contributed by atoms with E-state index in [9.17, 15) is 9.90 Å². The highest BCUT2D eigenvalue weighted by Gasteiger charge is 2.32. The first kappa shape index (κ1) is 17.0. The summed E-state index contributed by atoms with van der Waals surface area (Å²) >= 11 is 1.25. The third kappa shape index (κ3) is 3.83. The predicted molar refractivity (Wildman–Crippen MR) is 102 cm³/mol. The van der Waals surface area contributed by atoms with Crippen LogP contribution in [0, 0.1) is 6.92 Å². The Balaban J connectivity index is 2.03. The normalized spacial score (nSPS) is 17.4. The standard InChI is InChI=1S/C20H17NO3S/c1-13-8-10-14(11-9-13)12-16-18(22)17(20(23)24-2)19(25-16)21-15-6-4-3-5-7-15/h3-12,22H,1-2H3/b16-12+,21-19?. The van der Waals surface area contributed by atoms with Crippen molar-refractivity contribution in [1.82, 2.24) is 0 Å². The molecule has 0 aliphatic carbocycles. The van der Waals surface area contributed by atoms with Crippen LogP contribution in [0.3, 0.4) is 0 Å². The van der Waals surface area contributed by atoms with Gasteiger partial charge in [0.25, 0.3) is 0 Å². The average molecular weight is 351 g/mol. The molecule has 2 aromatic carbocycles. The Morgan fingerprint density at radius 3 is 2.44 bits per heavy atom. The summed E-state index contributed by atoms with van der Waals surface area (Å²) in [6.45, 7) is 2.01. The van der Waals surface area contributed by atoms with Gasteiger partial charge in [-0.3, -0.25) is 0 Å². The number of carbonyl (C=O) groups excluding carboxylic acids is 1. The van der Waals surface area contributed by atoms with Gasteiger partial charge in [-0.25, -0.2) is 9.79 Å². The first-order valence-electron chi connectivity index (χ1n) is 7.70. The number of esters is 1. The summed E-state index contributed by atoms with van der Waals surface area (Å²) in [5.41, 5.74) is 2.89. The fourth-order valence-electron chi connectivity index (χ4n) is 2.32. The highest BCUT2D eigenvalue weighted by molar-refractivity contribution is 8.18. The number of ether oxygens (including phenoxy) is 1. The molecule has 3 rings (SSSR count). The van der Waals surface area contributed by atoms with Gasteiger partial charge in [0.2, 0.25) is 0 Å². The van der Waals surface area contributed by atoms with Crippen molar-refractivity contribution in [2.45, 2.75) is 6.92 Å². The first-order valence-corrected chi connectivity index (χ1v) is 8.52. The fourth-order valence-corrected chi connectivity index (χ4v) is 3.36. The first-order chi connectivity index (χ1) is 12.1. The predicted octanol–water partition coefficient (Wildman–Crippen LogP) is 4.80. The van der Waals surface area contributed by atoms with Crippen molar-refractivity contribution in [2.24, 2.45) is 4.99 Å². The Morgan fingerprint density at radius 1 is 1.12 bits per heavy atom. The Morgan fingerprint density at radius 2 is 1.80 bits per heavy atom. The highest BCUT2D eigenvalue weighted by Crippen LogP contribution is 2.40. The highest BCUT2D eigenvalue weighted by atomic mass is 32.2. The lowest BCUT2D eigenvalue weighted by molar-refractivity contribution is -0.135. The largest absolute Gasteiger partial charge is 0.506 e. The summed E-state index contributed by atoms with van der Waals surface area (Å²) in [5, 5.41) is 10.9. The van der Waals surface area contributed by atoms with Gasteiger partial charge in [0, 0.05) is 0 Å². The molecular formula is C20H17NO3S. The molecule has 5 heteroatoms. The summed E-state index contributed by atoms with van der Waals surface area (Å²) < 4.78 is 4.81. The number of methoxy groups -OCH3 is 1. The molecule has 126 valence electrons. The van der Waals surface area contributed by atoms with E-state index in [0.29, 0.717) is 15.6 Å². The molecule has 2 aromatic rings. The van der Waals surface area contributed by atoms with Gasteiger partial charge in [0.15, 0.2) is 0 Å². The Bertz CT molecular complexity index is 881. The number of aliphatic hydroxyl groups excluding tert-OH is 1. The van der Waals surface area contributed by atoms with Crippen LogP contribution in [0.2, 0.25) is 0 Å². The van der Waals surface area contributed by atoms with Crippen LogP contribution >= 0.6 is 11.8 Å². The molecule has 1 heterocycles. The Hall–Kier alpha value is -2.79. The van der Waals surface area contributed by atoms with Crippen molar-refractivity contribution in [3.63, 3.8) is 0 Å². The number of para-hydroxylation sites is 1. The number of rotatable bonds is 3. The lowest BCUT2D eigenvalue weighted by atomic mass is 10.1. The van der Waals surface area contributed by atoms with Crippen LogP contribution in [0.5, 0.6) is 0 Å². The number of hydrogen-bond donors (Lipinski definition) is 1. The summed E-state index contributed by atoms with van der Waals surface area (Å²) in [5.74, 6) is -0.709. The lowest BCUT2D eigenvalue weighted by Crippen LogP contribution is -2.10. The summed E-state index contributed by atoms with van der Waals surface area (Å²) in [7, 11) is 1.29. The quantitative estimate of drug-likeness (QED) is 0.807. The number of nitrogens with zero attached hydrogens (tertiary/aromatic N) is 1. The van der Waals surface area contributed by atoms with Crippen LogP contribution in [0.4, 0.5) is 5.69 Å². The second kappa shape index (κ2) is 7.40. The van der Waals surface area contributed by atoms with E-state index in [1.165, 1.54) is 18.9 Å². The summed E-state index contributed by atoms with van der Waals surface area (Å²) in [6.07, 6.45) is 1.83. The third-order valence-corrected chi connectivity index (χ3v) is 4.66. The molecule has 0 atom stereocenters. The van der Waals surface area contributed by atoms with Crippen molar-refractivity contribution < 1.29 is 14.6 Å². The second-order valence-corrected chi connectivity index (χ2v) is 6.52. The third-order valence-electron chi connectivity index (χ3n) is 3.64. The van der Waals surface area contributed by atoms with Gasteiger partial charge in [-0.2, -0.15) is 0 Å². The molecule has 0 bridgehead atoms. The number of aliphatic imine (C=N–C) groups is 1. The van der Waals surface area contributed by atoms with E-state index in [4.69, 9.17) is 4.74 Å². The van der Waals surface area contributed by atoms with E-state index in [2.05, 4.69) is 4.99 Å². The van der Waals surface area contributed by atoms with Crippen LogP contribution in [0.15, 0.2) is 75.8 Å². The molecule has 25 heavy (non-hydrogen) atoms. The van der Waals surface area contributed by atoms with Crippen molar-refractivity contribution in [1.29, 1.82) is 0 Å². The van der Waals surface area contributed by atoms with E-state index in [0.717, 1.165) is 11.1 Å². The molecule has 0 unspecified atom stereocenters. The Labute approximate surface area is 150 Å². The molecule has 0 radical (unpaired) electrons. The fraction of sp³-hybridized carbons (Fsp3) is 0.100. The Kier molecular flexibility index (Phi) is 5.05. The zero-order valence-corrected chi connectivity index (χ0v) is 14.7. The molecule has 0 amide bonds. The van der Waals surface area contributed by atoms with E-state index in [1.54, 1.807) is 0 Å². The van der Waals surface area contributed by atoms with Crippen LogP contribution in [0.25, 0.3) is 6.08 Å². The van der Waals surface area contributed by atoms with Crippen LogP contribution in [-0.4, -0.2) is 23.2 Å². The molecule has 0 spiro atoms. The van der Waals surface area contributed by atoms with Crippen LogP contribution in [0.1, 0.15) is 11.1 Å². The van der Waals surface area contributed by atoms with E-state index >= 15 is 0 Å². The topological polar surface area (TPSA) is 58.9 Å². The van der Waals surface area contributed by atoms with Crippen LogP contribution in [-0.2, 0) is 9.53 Å². The minimum absolute atomic E-state index is 0.0923. The number of benzene rings is 2. The summed E-state index contributed by atoms with van der Waals surface area (Å²) in [6, 6.07) is 17.2. The van der Waals surface area contributed by atoms with Crippen molar-refractivity contribution in [3.8, 4) is 0 Å². The molecule has 0 saturated carbocycles. The molecule has 4 nitrogen and oxygen atoms in total. The van der Waals surface area contributed by atoms with Crippen molar-refractivity contribution in [3.05, 3.63) is 82.0 Å². The molecule has 0 aromatic heterocycles. The number of thioether (sulfide) groups is 1. The monoisotopic (exact) mass is 351 g/mol. The van der Waals surface area contributed by atoms with E-state index in [1.807, 2.05) is 67.6 Å². The zero-order valence-electron chi connectivity index (χ0n) is 13.9. The van der Waals surface area contributed by atoms with Crippen molar-refractivity contribution in [2.75, 3.05) is 7.11 Å². The van der Waals surface area contributed by atoms with E-state index < -0.39 is 5.97 Å². The molecule has 1 aliphatic rings. The maximum atomic E-state index is 12.1. The van der Waals surface area contributed by atoms with Gasteiger partial charge in [0.05, 0.1) is 17.7 Å². The average Bonchev–Trinajstić information content (AvgIpc) is 2.92. The summed E-state index contributed by atoms with van der Waals surface area (Å²) in [4.78, 5) is 17.2. The number of carbonyl (C=O) groups is 1. The van der Waals surface area contributed by atoms with Gasteiger partial charge in [-0.15, -0.1) is 0 Å². The van der Waals surface area contributed by atoms with Gasteiger partial charge in [-0.05, 0) is 30.7 Å². The SMILES string of the molecule is COC(=O)C1=C(O)/C(=C\c2ccc(C)cc2)SC1=Nc1ccccc1. The van der Waals surface area contributed by atoms with Gasteiger partial charge < -0.3 is 9.84 Å². The van der Waals surface area contributed by atoms with Gasteiger partial charge >= 0.3 is 5.97 Å². The van der Waals surface area contributed by atoms with Gasteiger partial charge in [0.1, 0.15) is 16.4 Å². The lowest BCUT2D eigenvalue weighted by Gasteiger charge is -2.01. The molecule has 1 aliphatic heterocycles. The molecule has 1 N–H and O–H groups in total. The smallest absolute Gasteiger partial charge is 0.344 e. The molecular weight excluding hydrogens is 334 g/mol. The number of hydrogen-bond acceptors (Lipinski definition) is 5. The van der Waals surface area contributed by atoms with Crippen molar-refractivity contribution >= 4 is 34.5 Å². The number of aryl methyl sites for hydroxylation is 1. The zero-order chi connectivity index (χ0) is 17.8. The van der Waals surface area contributed by atoms with Gasteiger partial charge in [-0.1, -0.05) is 59.8 Å². The minimum atomic E-state index is -0.605. The molecule has 0 saturated heterocycles. The minimum Gasteiger partial charge on any atom is -0.506 e.